The van der Waals surface area contributed by atoms with Crippen LogP contribution in [0.5, 0.6) is 0 Å². The minimum Gasteiger partial charge on any atom is -0.324 e. The summed E-state index contributed by atoms with van der Waals surface area (Å²) >= 11 is 0. The van der Waals surface area contributed by atoms with Crippen molar-refractivity contribution in [2.45, 2.75) is 24.3 Å². The van der Waals surface area contributed by atoms with Crippen LogP contribution in [0.3, 0.4) is 0 Å². The summed E-state index contributed by atoms with van der Waals surface area (Å²) in [7, 11) is -0.624. The molecular weight excluding hydrogens is 266 g/mol. The third-order valence-corrected chi connectivity index (χ3v) is 4.27. The van der Waals surface area contributed by atoms with Crippen molar-refractivity contribution in [1.82, 2.24) is 4.31 Å². The first kappa shape index (κ1) is 15.6. The molecule has 3 N–H and O–H groups in total. The quantitative estimate of drug-likeness (QED) is 0.848. The number of benzene rings is 1. The first-order chi connectivity index (χ1) is 8.55. The minimum absolute atomic E-state index is 0.116. The van der Waals surface area contributed by atoms with Crippen LogP contribution in [0.2, 0.25) is 0 Å². The Morgan fingerprint density at radius 2 is 1.89 bits per heavy atom. The van der Waals surface area contributed by atoms with Gasteiger partial charge in [0.15, 0.2) is 0 Å². The smallest absolute Gasteiger partial charge is 0.243 e. The molecule has 0 aliphatic carbocycles. The average Bonchev–Trinajstić information content (AvgIpc) is 2.27. The molecule has 0 radical (unpaired) electrons. The van der Waals surface area contributed by atoms with E-state index in [1.165, 1.54) is 26.2 Å². The van der Waals surface area contributed by atoms with Gasteiger partial charge in [-0.05, 0) is 32.0 Å². The van der Waals surface area contributed by atoms with Crippen LogP contribution in [0.1, 0.15) is 13.8 Å². The Morgan fingerprint density at radius 1 is 1.32 bits per heavy atom. The normalized spacial score (nSPS) is 12.5. The number of nitrogens with two attached hydrogens (primary N) is 1. The van der Waals surface area contributed by atoms with E-state index in [-0.39, 0.29) is 10.8 Å². The van der Waals surface area contributed by atoms with Gasteiger partial charge in [-0.25, -0.2) is 12.7 Å². The van der Waals surface area contributed by atoms with Gasteiger partial charge in [0.2, 0.25) is 15.9 Å². The molecule has 6 nitrogen and oxygen atoms in total. The highest BCUT2D eigenvalue weighted by molar-refractivity contribution is 7.89. The minimum atomic E-state index is -3.52. The van der Waals surface area contributed by atoms with Crippen LogP contribution in [-0.2, 0) is 14.8 Å². The fraction of sp³-hybridized carbons (Fsp3) is 0.417. The van der Waals surface area contributed by atoms with Crippen molar-refractivity contribution in [3.8, 4) is 0 Å². The molecule has 0 bridgehead atoms. The Balaban J connectivity index is 3.06. The van der Waals surface area contributed by atoms with Crippen LogP contribution >= 0.6 is 0 Å². The van der Waals surface area contributed by atoms with Crippen molar-refractivity contribution in [1.29, 1.82) is 0 Å². The first-order valence-corrected chi connectivity index (χ1v) is 7.12. The Labute approximate surface area is 113 Å². The zero-order valence-electron chi connectivity index (χ0n) is 11.5. The molecule has 0 fully saturated rings. The number of anilines is 1. The van der Waals surface area contributed by atoms with Crippen LogP contribution in [-0.4, -0.2) is 38.3 Å². The van der Waals surface area contributed by atoms with Crippen LogP contribution in [0.15, 0.2) is 29.2 Å². The van der Waals surface area contributed by atoms with Crippen molar-refractivity contribution in [3.63, 3.8) is 0 Å². The van der Waals surface area contributed by atoms with Gasteiger partial charge in [0.1, 0.15) is 0 Å². The highest BCUT2D eigenvalue weighted by Gasteiger charge is 2.23. The lowest BCUT2D eigenvalue weighted by atomic mass is 10.1. The predicted octanol–water partition coefficient (Wildman–Crippen LogP) is 0.613. The number of carbonyl (C=O) groups excluding carboxylic acids is 1. The third-order valence-electron chi connectivity index (χ3n) is 2.46. The fourth-order valence-electron chi connectivity index (χ4n) is 1.24. The summed E-state index contributed by atoms with van der Waals surface area (Å²) in [6, 6.07) is 6.05. The maximum Gasteiger partial charge on any atom is 0.243 e. The molecule has 7 heteroatoms. The summed E-state index contributed by atoms with van der Waals surface area (Å²) in [6.07, 6.45) is 0. The molecule has 0 atom stereocenters. The number of sulfonamides is 1. The molecule has 0 heterocycles. The average molecular weight is 285 g/mol. The number of hydrogen-bond acceptors (Lipinski definition) is 4. The van der Waals surface area contributed by atoms with E-state index in [0.717, 1.165) is 4.31 Å². The van der Waals surface area contributed by atoms with E-state index in [0.29, 0.717) is 5.69 Å². The lowest BCUT2D eigenvalue weighted by Crippen LogP contribution is -2.45. The van der Waals surface area contributed by atoms with Gasteiger partial charge in [0.25, 0.3) is 0 Å². The van der Waals surface area contributed by atoms with Gasteiger partial charge in [0, 0.05) is 19.8 Å². The monoisotopic (exact) mass is 285 g/mol. The molecule has 1 amide bonds. The number of hydrogen-bond donors (Lipinski definition) is 2. The maximum absolute atomic E-state index is 12.0. The molecule has 1 aromatic carbocycles. The zero-order chi connectivity index (χ0) is 14.8. The van der Waals surface area contributed by atoms with E-state index in [9.17, 15) is 13.2 Å². The Hall–Kier alpha value is -1.44. The van der Waals surface area contributed by atoms with E-state index >= 15 is 0 Å². The molecule has 0 aliphatic heterocycles. The summed E-state index contributed by atoms with van der Waals surface area (Å²) in [6.45, 7) is 3.14. The lowest BCUT2D eigenvalue weighted by Gasteiger charge is -2.18. The molecule has 0 aliphatic rings. The molecule has 1 aromatic rings. The fourth-order valence-corrected chi connectivity index (χ4v) is 2.19. The highest BCUT2D eigenvalue weighted by atomic mass is 32.2. The second-order valence-corrected chi connectivity index (χ2v) is 7.14. The van der Waals surface area contributed by atoms with Gasteiger partial charge in [-0.1, -0.05) is 6.07 Å². The lowest BCUT2D eigenvalue weighted by molar-refractivity contribution is -0.120. The molecule has 0 unspecified atom stereocenters. The van der Waals surface area contributed by atoms with Gasteiger partial charge in [-0.3, -0.25) is 4.79 Å². The molecule has 106 valence electrons. The summed E-state index contributed by atoms with van der Waals surface area (Å²) in [5, 5.41) is 2.59. The van der Waals surface area contributed by atoms with Crippen LogP contribution in [0.25, 0.3) is 0 Å². The number of amides is 1. The van der Waals surface area contributed by atoms with Crippen LogP contribution < -0.4 is 11.1 Å². The molecule has 19 heavy (non-hydrogen) atoms. The van der Waals surface area contributed by atoms with E-state index in [1.54, 1.807) is 26.0 Å². The summed E-state index contributed by atoms with van der Waals surface area (Å²) in [5.41, 5.74) is 5.02. The highest BCUT2D eigenvalue weighted by Crippen LogP contribution is 2.18. The van der Waals surface area contributed by atoms with Crippen molar-refractivity contribution < 1.29 is 13.2 Å². The molecular formula is C12H19N3O3S. The molecule has 1 rings (SSSR count). The Morgan fingerprint density at radius 3 is 2.37 bits per heavy atom. The van der Waals surface area contributed by atoms with Crippen LogP contribution in [0.4, 0.5) is 5.69 Å². The SMILES string of the molecule is CN(C)S(=O)(=O)c1cccc(NC(=O)C(C)(C)N)c1. The van der Waals surface area contributed by atoms with Gasteiger partial charge < -0.3 is 11.1 Å². The maximum atomic E-state index is 12.0. The zero-order valence-corrected chi connectivity index (χ0v) is 12.3. The van der Waals surface area contributed by atoms with Gasteiger partial charge >= 0.3 is 0 Å². The van der Waals surface area contributed by atoms with E-state index < -0.39 is 15.6 Å². The summed E-state index contributed by atoms with van der Waals surface area (Å²) in [5.74, 6) is -0.382. The predicted molar refractivity (Wildman–Crippen MR) is 74.2 cm³/mol. The molecule has 0 saturated heterocycles. The van der Waals surface area contributed by atoms with Gasteiger partial charge in [-0.15, -0.1) is 0 Å². The second-order valence-electron chi connectivity index (χ2n) is 4.99. The molecule has 0 spiro atoms. The first-order valence-electron chi connectivity index (χ1n) is 5.68. The molecule has 0 aromatic heterocycles. The Kier molecular flexibility index (Phi) is 4.34. The van der Waals surface area contributed by atoms with Gasteiger partial charge in [0.05, 0.1) is 10.4 Å². The van der Waals surface area contributed by atoms with Crippen molar-refractivity contribution in [2.24, 2.45) is 5.73 Å². The number of carbonyl (C=O) groups is 1. The van der Waals surface area contributed by atoms with Crippen molar-refractivity contribution in [3.05, 3.63) is 24.3 Å². The van der Waals surface area contributed by atoms with Crippen molar-refractivity contribution >= 4 is 21.6 Å². The van der Waals surface area contributed by atoms with Crippen LogP contribution in [0, 0.1) is 0 Å². The van der Waals surface area contributed by atoms with Crippen molar-refractivity contribution in [2.75, 3.05) is 19.4 Å². The summed E-state index contributed by atoms with van der Waals surface area (Å²) < 4.78 is 25.0. The number of nitrogens with one attached hydrogen (secondary N) is 1. The largest absolute Gasteiger partial charge is 0.324 e. The van der Waals surface area contributed by atoms with E-state index in [4.69, 9.17) is 5.73 Å². The van der Waals surface area contributed by atoms with E-state index in [1.807, 2.05) is 0 Å². The second kappa shape index (κ2) is 5.28. The summed E-state index contributed by atoms with van der Waals surface area (Å²) in [4.78, 5) is 11.8. The molecule has 0 saturated carbocycles. The Bertz CT molecular complexity index is 574. The number of rotatable bonds is 4. The van der Waals surface area contributed by atoms with E-state index in [2.05, 4.69) is 5.32 Å². The third kappa shape index (κ3) is 3.76. The number of nitrogens with zero attached hydrogens (tertiary/aromatic N) is 1. The topological polar surface area (TPSA) is 92.5 Å². The van der Waals surface area contributed by atoms with Gasteiger partial charge in [-0.2, -0.15) is 0 Å². The standard InChI is InChI=1S/C12H19N3O3S/c1-12(2,13)11(16)14-9-6-5-7-10(8-9)19(17,18)15(3)4/h5-8H,13H2,1-4H3,(H,14,16).